The molecule has 3 rings (SSSR count). The number of Topliss-reactive ketones (excluding diaryl/α,β-unsaturated/α-hetero) is 1. The van der Waals surface area contributed by atoms with Gasteiger partial charge in [0.1, 0.15) is 11.6 Å². The van der Waals surface area contributed by atoms with Gasteiger partial charge in [0.15, 0.2) is 17.2 Å². The van der Waals surface area contributed by atoms with E-state index in [1.807, 2.05) is 20.8 Å². The molecule has 0 bridgehead atoms. The Kier molecular flexibility index (Phi) is 7.55. The van der Waals surface area contributed by atoms with Crippen LogP contribution < -0.4 is 21.9 Å². The minimum Gasteiger partial charge on any atom is -0.451 e. The van der Waals surface area contributed by atoms with Crippen LogP contribution in [0.3, 0.4) is 0 Å². The van der Waals surface area contributed by atoms with Crippen molar-refractivity contribution in [2.24, 2.45) is 5.92 Å². The lowest BCUT2D eigenvalue weighted by atomic mass is 10.1. The predicted octanol–water partition coefficient (Wildman–Crippen LogP) is 3.68. The summed E-state index contributed by atoms with van der Waals surface area (Å²) in [6.07, 6.45) is 1.52. The number of anilines is 2. The number of hydrogen-bond donors (Lipinski definition) is 2. The fourth-order valence-electron chi connectivity index (χ4n) is 3.63. The van der Waals surface area contributed by atoms with Gasteiger partial charge in [-0.2, -0.15) is 0 Å². The van der Waals surface area contributed by atoms with E-state index >= 15 is 0 Å². The van der Waals surface area contributed by atoms with Crippen LogP contribution >= 0.6 is 0 Å². The molecule has 0 spiro atoms. The Balaban J connectivity index is 2.02. The van der Waals surface area contributed by atoms with Gasteiger partial charge in [0, 0.05) is 24.2 Å². The molecule has 1 amide bonds. The zero-order chi connectivity index (χ0) is 25.0. The summed E-state index contributed by atoms with van der Waals surface area (Å²) in [5, 5.41) is 0. The number of carbonyl (C=O) groups excluding carboxylic acids is 2. The largest absolute Gasteiger partial charge is 0.451 e. The fourth-order valence-corrected chi connectivity index (χ4v) is 3.63. The second kappa shape index (κ2) is 10.4. The number of hydrogen-bond acceptors (Lipinski definition) is 6. The Morgan fingerprint density at radius 1 is 1.12 bits per heavy atom. The van der Waals surface area contributed by atoms with Crippen molar-refractivity contribution in [1.82, 2.24) is 9.55 Å². The third-order valence-corrected chi connectivity index (χ3v) is 5.40. The van der Waals surface area contributed by atoms with Gasteiger partial charge in [-0.25, -0.2) is 4.79 Å². The van der Waals surface area contributed by atoms with Crippen LogP contribution in [-0.4, -0.2) is 27.8 Å². The fraction of sp³-hybridized carbons (Fsp3) is 0.360. The maximum atomic E-state index is 13.5. The zero-order valence-electron chi connectivity index (χ0n) is 19.9. The van der Waals surface area contributed by atoms with Crippen LogP contribution in [-0.2, 0) is 6.54 Å². The number of nitrogens with two attached hydrogens (primary N) is 1. The summed E-state index contributed by atoms with van der Waals surface area (Å²) in [6.45, 7) is 7.80. The molecule has 2 heterocycles. The monoisotopic (exact) mass is 466 g/mol. The van der Waals surface area contributed by atoms with Gasteiger partial charge < -0.3 is 10.2 Å². The van der Waals surface area contributed by atoms with Gasteiger partial charge >= 0.3 is 5.69 Å². The molecule has 34 heavy (non-hydrogen) atoms. The van der Waals surface area contributed by atoms with Crippen molar-refractivity contribution >= 4 is 23.2 Å². The number of unbranched alkanes of at least 4 members (excludes halogenated alkanes) is 1. The van der Waals surface area contributed by atoms with Crippen molar-refractivity contribution in [2.75, 3.05) is 17.2 Å². The number of aromatic amines is 1. The summed E-state index contributed by atoms with van der Waals surface area (Å²) in [4.78, 5) is 53.6. The Hall–Kier alpha value is -3.88. The zero-order valence-corrected chi connectivity index (χ0v) is 19.9. The van der Waals surface area contributed by atoms with Gasteiger partial charge in [0.05, 0.1) is 0 Å². The van der Waals surface area contributed by atoms with Crippen LogP contribution in [0.4, 0.5) is 11.5 Å². The SMILES string of the molecule is CCCCn1c(N)c(N(CC(C)C)C(=O)c2ccc(-c3ccc(C(C)=O)cc3)o2)c(=O)[nH]c1=O. The van der Waals surface area contributed by atoms with Crippen molar-refractivity contribution in [1.29, 1.82) is 0 Å². The van der Waals surface area contributed by atoms with E-state index in [0.29, 0.717) is 29.9 Å². The van der Waals surface area contributed by atoms with Crippen LogP contribution in [0.1, 0.15) is 61.4 Å². The van der Waals surface area contributed by atoms with E-state index in [-0.39, 0.29) is 35.5 Å². The number of furan rings is 1. The topological polar surface area (TPSA) is 131 Å². The number of nitrogen functional groups attached to an aromatic ring is 1. The van der Waals surface area contributed by atoms with E-state index in [2.05, 4.69) is 4.98 Å². The number of amides is 1. The van der Waals surface area contributed by atoms with E-state index in [1.165, 1.54) is 22.5 Å². The van der Waals surface area contributed by atoms with Gasteiger partial charge in [-0.3, -0.25) is 28.8 Å². The van der Waals surface area contributed by atoms with Crippen LogP contribution in [0.15, 0.2) is 50.4 Å². The lowest BCUT2D eigenvalue weighted by Crippen LogP contribution is -2.42. The number of nitrogens with zero attached hydrogens (tertiary/aromatic N) is 2. The molecule has 3 aromatic rings. The van der Waals surface area contributed by atoms with Gasteiger partial charge in [-0.15, -0.1) is 0 Å². The molecule has 9 nitrogen and oxygen atoms in total. The van der Waals surface area contributed by atoms with E-state index < -0.39 is 17.2 Å². The van der Waals surface area contributed by atoms with Crippen LogP contribution in [0.25, 0.3) is 11.3 Å². The normalized spacial score (nSPS) is 11.1. The van der Waals surface area contributed by atoms with Crippen molar-refractivity contribution in [2.45, 2.75) is 47.1 Å². The molecular formula is C25H30N4O5. The molecule has 0 aliphatic rings. The maximum Gasteiger partial charge on any atom is 0.330 e. The van der Waals surface area contributed by atoms with Crippen molar-refractivity contribution in [3.8, 4) is 11.3 Å². The minimum absolute atomic E-state index is 0.00678. The third kappa shape index (κ3) is 5.19. The second-order valence-corrected chi connectivity index (χ2v) is 8.61. The van der Waals surface area contributed by atoms with E-state index in [1.54, 1.807) is 30.3 Å². The van der Waals surface area contributed by atoms with Crippen LogP contribution in [0, 0.1) is 5.92 Å². The summed E-state index contributed by atoms with van der Waals surface area (Å²) >= 11 is 0. The van der Waals surface area contributed by atoms with Crippen LogP contribution in [0.2, 0.25) is 0 Å². The van der Waals surface area contributed by atoms with Crippen molar-refractivity contribution in [3.05, 3.63) is 68.6 Å². The lowest BCUT2D eigenvalue weighted by molar-refractivity contribution is 0.0956. The number of benzene rings is 1. The summed E-state index contributed by atoms with van der Waals surface area (Å²) in [6, 6.07) is 10.0. The second-order valence-electron chi connectivity index (χ2n) is 8.61. The smallest absolute Gasteiger partial charge is 0.330 e. The Morgan fingerprint density at radius 3 is 2.38 bits per heavy atom. The summed E-state index contributed by atoms with van der Waals surface area (Å²) in [5.74, 6) is -0.170. The van der Waals surface area contributed by atoms with Gasteiger partial charge in [0.2, 0.25) is 0 Å². The molecule has 0 saturated heterocycles. The number of carbonyl (C=O) groups is 2. The first-order chi connectivity index (χ1) is 16.1. The number of aromatic nitrogens is 2. The van der Waals surface area contributed by atoms with E-state index in [0.717, 1.165) is 6.42 Å². The first-order valence-electron chi connectivity index (χ1n) is 11.3. The van der Waals surface area contributed by atoms with Gasteiger partial charge in [-0.1, -0.05) is 51.5 Å². The average molecular weight is 467 g/mol. The standard InChI is InChI=1S/C25H30N4O5/c1-5-6-13-28-22(26)21(23(31)27-25(28)33)29(14-15(2)3)24(32)20-12-11-19(34-20)18-9-7-17(8-10-18)16(4)30/h7-12,15H,5-6,13-14,26H2,1-4H3,(H,27,31,33). The molecular weight excluding hydrogens is 436 g/mol. The van der Waals surface area contributed by atoms with Crippen molar-refractivity contribution in [3.63, 3.8) is 0 Å². The number of rotatable bonds is 9. The lowest BCUT2D eigenvalue weighted by Gasteiger charge is -2.25. The number of ketones is 1. The summed E-state index contributed by atoms with van der Waals surface area (Å²) in [7, 11) is 0. The van der Waals surface area contributed by atoms with Crippen molar-refractivity contribution < 1.29 is 14.0 Å². The molecule has 0 aliphatic carbocycles. The highest BCUT2D eigenvalue weighted by molar-refractivity contribution is 6.05. The third-order valence-electron chi connectivity index (χ3n) is 5.40. The Labute approximate surface area is 197 Å². The first kappa shape index (κ1) is 24.8. The highest BCUT2D eigenvalue weighted by Crippen LogP contribution is 2.26. The van der Waals surface area contributed by atoms with Crippen LogP contribution in [0.5, 0.6) is 0 Å². The molecule has 1 aromatic carbocycles. The molecule has 0 radical (unpaired) electrons. The molecule has 9 heteroatoms. The van der Waals surface area contributed by atoms with E-state index in [9.17, 15) is 19.2 Å². The Bertz CT molecular complexity index is 1300. The highest BCUT2D eigenvalue weighted by atomic mass is 16.4. The van der Waals surface area contributed by atoms with E-state index in [4.69, 9.17) is 10.2 Å². The maximum absolute atomic E-state index is 13.5. The number of H-pyrrole nitrogens is 1. The molecule has 2 aromatic heterocycles. The van der Waals surface area contributed by atoms with Gasteiger partial charge in [-0.05, 0) is 31.4 Å². The Morgan fingerprint density at radius 2 is 1.79 bits per heavy atom. The summed E-state index contributed by atoms with van der Waals surface area (Å²) in [5.41, 5.74) is 6.11. The molecule has 0 unspecified atom stereocenters. The average Bonchev–Trinajstić information content (AvgIpc) is 3.27. The molecule has 3 N–H and O–H groups in total. The summed E-state index contributed by atoms with van der Waals surface area (Å²) < 4.78 is 7.10. The molecule has 180 valence electrons. The highest BCUT2D eigenvalue weighted by Gasteiger charge is 2.28. The molecule has 0 aliphatic heterocycles. The molecule has 0 fully saturated rings. The number of nitrogens with one attached hydrogen (secondary N) is 1. The molecule has 0 atom stereocenters. The molecule has 0 saturated carbocycles. The first-order valence-corrected chi connectivity index (χ1v) is 11.3. The minimum atomic E-state index is -0.726. The van der Waals surface area contributed by atoms with Gasteiger partial charge in [0.25, 0.3) is 11.5 Å². The predicted molar refractivity (Wildman–Crippen MR) is 131 cm³/mol. The quantitative estimate of drug-likeness (QED) is 0.463.